The van der Waals surface area contributed by atoms with E-state index in [1.165, 1.54) is 0 Å². The van der Waals surface area contributed by atoms with Crippen molar-refractivity contribution in [3.63, 3.8) is 0 Å². The van der Waals surface area contributed by atoms with Crippen LogP contribution in [0.1, 0.15) is 5.56 Å². The lowest BCUT2D eigenvalue weighted by atomic mass is 10.1. The summed E-state index contributed by atoms with van der Waals surface area (Å²) < 4.78 is 7.60. The second kappa shape index (κ2) is 4.52. The summed E-state index contributed by atoms with van der Waals surface area (Å²) >= 11 is 0. The van der Waals surface area contributed by atoms with Crippen LogP contribution < -0.4 is 0 Å². The van der Waals surface area contributed by atoms with Crippen LogP contribution in [-0.4, -0.2) is 24.7 Å². The topological polar surface area (TPSA) is 69.6 Å². The summed E-state index contributed by atoms with van der Waals surface area (Å²) in [7, 11) is 0. The number of fused-ring (bicyclic) bond motifs is 1. The first-order valence-electron chi connectivity index (χ1n) is 6.49. The Morgan fingerprint density at radius 3 is 2.71 bits per heavy atom. The van der Waals surface area contributed by atoms with Gasteiger partial charge >= 0.3 is 0 Å². The third kappa shape index (κ3) is 1.97. The lowest BCUT2D eigenvalue weighted by Crippen LogP contribution is -1.94. The number of aryl methyl sites for hydroxylation is 1. The maximum atomic E-state index is 5.73. The highest BCUT2D eigenvalue weighted by molar-refractivity contribution is 5.72. The van der Waals surface area contributed by atoms with Gasteiger partial charge in [-0.25, -0.2) is 4.98 Å². The lowest BCUT2D eigenvalue weighted by Gasteiger charge is -2.06. The maximum Gasteiger partial charge on any atom is 0.228 e. The number of pyridine rings is 1. The van der Waals surface area contributed by atoms with E-state index >= 15 is 0 Å². The van der Waals surface area contributed by atoms with Gasteiger partial charge in [-0.15, -0.1) is 10.2 Å². The van der Waals surface area contributed by atoms with Crippen molar-refractivity contribution in [2.45, 2.75) is 6.92 Å². The Labute approximate surface area is 120 Å². The zero-order valence-corrected chi connectivity index (χ0v) is 11.3. The Balaban J connectivity index is 1.80. The Morgan fingerprint density at radius 1 is 1.10 bits per heavy atom. The van der Waals surface area contributed by atoms with Crippen molar-refractivity contribution in [2.24, 2.45) is 0 Å². The standard InChI is InChI=1S/C15H11N5O/c1-10-7-11(4-5-12(10)20-8-17-18-9-20)15-19-14-13(21-15)3-2-6-16-14/h2-9H,1H3. The molecule has 0 aliphatic heterocycles. The Kier molecular flexibility index (Phi) is 2.53. The molecule has 6 nitrogen and oxygen atoms in total. The number of rotatable bonds is 2. The molecular weight excluding hydrogens is 266 g/mol. The first kappa shape index (κ1) is 11.8. The van der Waals surface area contributed by atoms with E-state index in [-0.39, 0.29) is 0 Å². The molecular formula is C15H11N5O. The van der Waals surface area contributed by atoms with E-state index < -0.39 is 0 Å². The number of nitrogens with zero attached hydrogens (tertiary/aromatic N) is 5. The summed E-state index contributed by atoms with van der Waals surface area (Å²) in [4.78, 5) is 8.59. The normalized spacial score (nSPS) is 11.1. The molecule has 0 bridgehead atoms. The van der Waals surface area contributed by atoms with Crippen molar-refractivity contribution in [1.29, 1.82) is 0 Å². The highest BCUT2D eigenvalue weighted by Crippen LogP contribution is 2.26. The van der Waals surface area contributed by atoms with Crippen molar-refractivity contribution in [3.8, 4) is 17.1 Å². The zero-order valence-electron chi connectivity index (χ0n) is 11.3. The average molecular weight is 277 g/mol. The molecule has 1 aromatic carbocycles. The molecule has 3 aromatic heterocycles. The third-order valence-electron chi connectivity index (χ3n) is 3.31. The minimum atomic E-state index is 0.571. The molecule has 102 valence electrons. The molecule has 0 saturated heterocycles. The van der Waals surface area contributed by atoms with Crippen molar-refractivity contribution in [3.05, 3.63) is 54.7 Å². The fraction of sp³-hybridized carbons (Fsp3) is 0.0667. The molecule has 0 saturated carbocycles. The van der Waals surface area contributed by atoms with Crippen LogP contribution >= 0.6 is 0 Å². The fourth-order valence-corrected chi connectivity index (χ4v) is 2.30. The molecule has 0 unspecified atom stereocenters. The third-order valence-corrected chi connectivity index (χ3v) is 3.31. The van der Waals surface area contributed by atoms with Gasteiger partial charge < -0.3 is 4.42 Å². The minimum absolute atomic E-state index is 0.571. The SMILES string of the molecule is Cc1cc(-c2nc3ncccc3o2)ccc1-n1cnnc1. The van der Waals surface area contributed by atoms with Gasteiger partial charge in [-0.2, -0.15) is 4.98 Å². The molecule has 0 spiro atoms. The van der Waals surface area contributed by atoms with Crippen molar-refractivity contribution in [2.75, 3.05) is 0 Å². The smallest absolute Gasteiger partial charge is 0.228 e. The van der Waals surface area contributed by atoms with E-state index in [0.29, 0.717) is 17.1 Å². The summed E-state index contributed by atoms with van der Waals surface area (Å²) in [6.45, 7) is 2.03. The molecule has 4 rings (SSSR count). The molecule has 0 radical (unpaired) electrons. The van der Waals surface area contributed by atoms with Gasteiger partial charge in [0.15, 0.2) is 11.2 Å². The second-order valence-electron chi connectivity index (χ2n) is 4.71. The van der Waals surface area contributed by atoms with Gasteiger partial charge in [-0.1, -0.05) is 0 Å². The average Bonchev–Trinajstić information content (AvgIpc) is 3.16. The first-order chi connectivity index (χ1) is 10.3. The van der Waals surface area contributed by atoms with Crippen LogP contribution in [-0.2, 0) is 0 Å². The molecule has 4 aromatic rings. The highest BCUT2D eigenvalue weighted by atomic mass is 16.3. The summed E-state index contributed by atoms with van der Waals surface area (Å²) in [5.74, 6) is 0.571. The predicted molar refractivity (Wildman–Crippen MR) is 76.9 cm³/mol. The van der Waals surface area contributed by atoms with Crippen LogP contribution in [0.3, 0.4) is 0 Å². The molecule has 3 heterocycles. The molecule has 0 atom stereocenters. The summed E-state index contributed by atoms with van der Waals surface area (Å²) in [6, 6.07) is 9.68. The van der Waals surface area contributed by atoms with Crippen molar-refractivity contribution in [1.82, 2.24) is 24.7 Å². The molecule has 0 amide bonds. The van der Waals surface area contributed by atoms with E-state index in [1.54, 1.807) is 18.9 Å². The van der Waals surface area contributed by atoms with Crippen LogP contribution in [0.4, 0.5) is 0 Å². The van der Waals surface area contributed by atoms with Gasteiger partial charge in [0, 0.05) is 11.8 Å². The van der Waals surface area contributed by atoms with Gasteiger partial charge in [0.25, 0.3) is 0 Å². The van der Waals surface area contributed by atoms with E-state index in [9.17, 15) is 0 Å². The van der Waals surface area contributed by atoms with E-state index in [2.05, 4.69) is 20.2 Å². The second-order valence-corrected chi connectivity index (χ2v) is 4.71. The number of oxazole rings is 1. The summed E-state index contributed by atoms with van der Waals surface area (Å²) in [5, 5.41) is 7.65. The monoisotopic (exact) mass is 277 g/mol. The molecule has 0 aliphatic rings. The van der Waals surface area contributed by atoms with Gasteiger partial charge in [-0.3, -0.25) is 4.57 Å². The quantitative estimate of drug-likeness (QED) is 0.563. The number of benzene rings is 1. The Hall–Kier alpha value is -3.02. The first-order valence-corrected chi connectivity index (χ1v) is 6.49. The Bertz CT molecular complexity index is 878. The van der Waals surface area contributed by atoms with Crippen molar-refractivity contribution < 1.29 is 4.42 Å². The molecule has 0 fully saturated rings. The van der Waals surface area contributed by atoms with E-state index in [0.717, 1.165) is 16.8 Å². The number of aromatic nitrogens is 5. The van der Waals surface area contributed by atoms with E-state index in [4.69, 9.17) is 4.42 Å². The van der Waals surface area contributed by atoms with E-state index in [1.807, 2.05) is 41.8 Å². The van der Waals surface area contributed by atoms with Crippen LogP contribution in [0.15, 0.2) is 53.6 Å². The lowest BCUT2D eigenvalue weighted by molar-refractivity contribution is 0.619. The van der Waals surface area contributed by atoms with Gasteiger partial charge in [0.1, 0.15) is 12.7 Å². The Morgan fingerprint density at radius 2 is 1.95 bits per heavy atom. The summed E-state index contributed by atoms with van der Waals surface area (Å²) in [5.41, 5.74) is 4.34. The maximum absolute atomic E-state index is 5.73. The van der Waals surface area contributed by atoms with Gasteiger partial charge in [0.2, 0.25) is 5.89 Å². The molecule has 0 aliphatic carbocycles. The van der Waals surface area contributed by atoms with Crippen molar-refractivity contribution >= 4 is 11.2 Å². The van der Waals surface area contributed by atoms with Gasteiger partial charge in [-0.05, 0) is 42.8 Å². The largest absolute Gasteiger partial charge is 0.434 e. The van der Waals surface area contributed by atoms with Gasteiger partial charge in [0.05, 0.1) is 5.69 Å². The number of hydrogen-bond donors (Lipinski definition) is 0. The highest BCUT2D eigenvalue weighted by Gasteiger charge is 2.10. The van der Waals surface area contributed by atoms with Crippen LogP contribution in [0.5, 0.6) is 0 Å². The van der Waals surface area contributed by atoms with Crippen LogP contribution in [0, 0.1) is 6.92 Å². The summed E-state index contributed by atoms with van der Waals surface area (Å²) in [6.07, 6.45) is 5.05. The zero-order chi connectivity index (χ0) is 14.2. The predicted octanol–water partition coefficient (Wildman–Crippen LogP) is 2.78. The van der Waals surface area contributed by atoms with Crippen LogP contribution in [0.2, 0.25) is 0 Å². The minimum Gasteiger partial charge on any atom is -0.434 e. The van der Waals surface area contributed by atoms with Crippen LogP contribution in [0.25, 0.3) is 28.4 Å². The molecule has 21 heavy (non-hydrogen) atoms. The fourth-order valence-electron chi connectivity index (χ4n) is 2.30. The molecule has 0 N–H and O–H groups in total. The number of hydrogen-bond acceptors (Lipinski definition) is 5. The molecule has 6 heteroatoms.